The molecule has 1 aromatic rings. The topological polar surface area (TPSA) is 80.8 Å². The molecule has 0 saturated carbocycles. The number of thiophene rings is 1. The molecular weight excluding hydrogens is 398 g/mol. The number of hydrogen-bond donors (Lipinski definition) is 0. The molecular formula is C20H29NO5S2. The summed E-state index contributed by atoms with van der Waals surface area (Å²) in [6.07, 6.45) is 3.37. The van der Waals surface area contributed by atoms with Gasteiger partial charge in [-0.1, -0.05) is 20.8 Å². The highest BCUT2D eigenvalue weighted by Gasteiger charge is 2.35. The molecule has 0 bridgehead atoms. The van der Waals surface area contributed by atoms with Gasteiger partial charge in [0.1, 0.15) is 0 Å². The molecule has 2 aliphatic rings. The van der Waals surface area contributed by atoms with E-state index in [1.54, 1.807) is 16.2 Å². The lowest BCUT2D eigenvalue weighted by Crippen LogP contribution is -2.45. The summed E-state index contributed by atoms with van der Waals surface area (Å²) in [5, 5.41) is 1.84. The van der Waals surface area contributed by atoms with Gasteiger partial charge in [0, 0.05) is 22.8 Å². The number of nitrogens with zero attached hydrogens (tertiary/aromatic N) is 1. The van der Waals surface area contributed by atoms with Crippen molar-refractivity contribution in [2.24, 2.45) is 11.8 Å². The van der Waals surface area contributed by atoms with Crippen molar-refractivity contribution in [3.63, 3.8) is 0 Å². The highest BCUT2D eigenvalue weighted by atomic mass is 32.2. The van der Waals surface area contributed by atoms with Crippen molar-refractivity contribution in [1.29, 1.82) is 0 Å². The largest absolute Gasteiger partial charge is 0.452 e. The number of rotatable bonds is 6. The Kier molecular flexibility index (Phi) is 6.49. The monoisotopic (exact) mass is 427 g/mol. The van der Waals surface area contributed by atoms with Crippen LogP contribution in [0.15, 0.2) is 5.38 Å². The van der Waals surface area contributed by atoms with E-state index < -0.39 is 15.8 Å². The van der Waals surface area contributed by atoms with Gasteiger partial charge in [-0.05, 0) is 43.1 Å². The zero-order valence-corrected chi connectivity index (χ0v) is 18.4. The second-order valence-corrected chi connectivity index (χ2v) is 11.7. The summed E-state index contributed by atoms with van der Waals surface area (Å²) < 4.78 is 29.0. The molecule has 6 nitrogen and oxygen atoms in total. The average Bonchev–Trinajstić information content (AvgIpc) is 3.19. The fourth-order valence-corrected chi connectivity index (χ4v) is 6.97. The van der Waals surface area contributed by atoms with E-state index in [0.717, 1.165) is 24.8 Å². The number of amides is 1. The number of fused-ring (bicyclic) bond motifs is 1. The van der Waals surface area contributed by atoms with Crippen molar-refractivity contribution >= 4 is 33.1 Å². The number of hydrogen-bond acceptors (Lipinski definition) is 6. The summed E-state index contributed by atoms with van der Waals surface area (Å²) in [6, 6.07) is -0.325. The highest BCUT2D eigenvalue weighted by Crippen LogP contribution is 2.33. The number of carbonyl (C=O) groups excluding carboxylic acids is 2. The molecule has 0 radical (unpaired) electrons. The molecule has 1 aliphatic heterocycles. The average molecular weight is 428 g/mol. The zero-order valence-electron chi connectivity index (χ0n) is 16.8. The minimum Gasteiger partial charge on any atom is -0.452 e. The first-order valence-corrected chi connectivity index (χ1v) is 12.6. The van der Waals surface area contributed by atoms with Crippen LogP contribution in [0, 0.1) is 11.8 Å². The van der Waals surface area contributed by atoms with E-state index in [-0.39, 0.29) is 36.0 Å². The fourth-order valence-electron chi connectivity index (χ4n) is 4.01. The molecule has 8 heteroatoms. The summed E-state index contributed by atoms with van der Waals surface area (Å²) in [6.45, 7) is 6.29. The standard InChI is InChI=1S/C20H29NO5S2/c1-13(2)9-21(15-6-7-28(24,25)12-15)19(22)10-26-20(23)17-11-27-18-8-14(3)4-5-16(17)18/h11,13-15H,4-10,12H2,1-3H3/t14-,15-/m1/s1. The van der Waals surface area contributed by atoms with Crippen LogP contribution >= 0.6 is 11.3 Å². The Labute approximate surface area is 171 Å². The predicted octanol–water partition coefficient (Wildman–Crippen LogP) is 2.70. The Morgan fingerprint density at radius 1 is 1.32 bits per heavy atom. The third-order valence-corrected chi connectivity index (χ3v) is 8.28. The molecule has 28 heavy (non-hydrogen) atoms. The van der Waals surface area contributed by atoms with Crippen LogP contribution in [0.1, 0.15) is 54.4 Å². The summed E-state index contributed by atoms with van der Waals surface area (Å²) in [4.78, 5) is 28.1. The van der Waals surface area contributed by atoms with E-state index in [1.165, 1.54) is 4.88 Å². The van der Waals surface area contributed by atoms with Gasteiger partial charge in [0.15, 0.2) is 16.4 Å². The fraction of sp³-hybridized carbons (Fsp3) is 0.700. The molecule has 1 aliphatic carbocycles. The molecule has 3 rings (SSSR count). The molecule has 0 N–H and O–H groups in total. The predicted molar refractivity (Wildman–Crippen MR) is 109 cm³/mol. The Hall–Kier alpha value is -1.41. The second kappa shape index (κ2) is 8.53. The van der Waals surface area contributed by atoms with Crippen LogP contribution in [0.4, 0.5) is 0 Å². The van der Waals surface area contributed by atoms with Crippen molar-refractivity contribution in [1.82, 2.24) is 4.90 Å². The van der Waals surface area contributed by atoms with Crippen LogP contribution in [-0.2, 0) is 32.2 Å². The molecule has 1 amide bonds. The van der Waals surface area contributed by atoms with Gasteiger partial charge in [-0.15, -0.1) is 11.3 Å². The van der Waals surface area contributed by atoms with E-state index in [9.17, 15) is 18.0 Å². The van der Waals surface area contributed by atoms with Crippen LogP contribution in [0.25, 0.3) is 0 Å². The van der Waals surface area contributed by atoms with Gasteiger partial charge in [-0.3, -0.25) is 4.79 Å². The molecule has 1 fully saturated rings. The molecule has 0 aromatic carbocycles. The molecule has 0 unspecified atom stereocenters. The van der Waals surface area contributed by atoms with Gasteiger partial charge in [0.25, 0.3) is 5.91 Å². The Morgan fingerprint density at radius 3 is 2.71 bits per heavy atom. The Morgan fingerprint density at radius 2 is 2.07 bits per heavy atom. The summed E-state index contributed by atoms with van der Waals surface area (Å²) in [7, 11) is -3.09. The normalized spacial score (nSPS) is 23.4. The minimum atomic E-state index is -3.09. The van der Waals surface area contributed by atoms with Gasteiger partial charge in [-0.25, -0.2) is 13.2 Å². The maximum Gasteiger partial charge on any atom is 0.339 e. The Bertz CT molecular complexity index is 843. The molecule has 1 saturated heterocycles. The zero-order chi connectivity index (χ0) is 20.5. The van der Waals surface area contributed by atoms with Gasteiger partial charge in [-0.2, -0.15) is 0 Å². The molecule has 1 aromatic heterocycles. The van der Waals surface area contributed by atoms with Crippen molar-refractivity contribution in [3.8, 4) is 0 Å². The van der Waals surface area contributed by atoms with E-state index in [0.29, 0.717) is 24.4 Å². The van der Waals surface area contributed by atoms with E-state index in [4.69, 9.17) is 4.74 Å². The number of sulfone groups is 1. The van der Waals surface area contributed by atoms with Crippen LogP contribution in [0.5, 0.6) is 0 Å². The molecule has 2 heterocycles. The summed E-state index contributed by atoms with van der Waals surface area (Å²) in [5.41, 5.74) is 1.65. The lowest BCUT2D eigenvalue weighted by molar-refractivity contribution is -0.137. The third-order valence-electron chi connectivity index (χ3n) is 5.48. The van der Waals surface area contributed by atoms with Crippen LogP contribution < -0.4 is 0 Å². The van der Waals surface area contributed by atoms with Crippen molar-refractivity contribution < 1.29 is 22.7 Å². The van der Waals surface area contributed by atoms with E-state index >= 15 is 0 Å². The molecule has 0 spiro atoms. The van der Waals surface area contributed by atoms with E-state index in [1.807, 2.05) is 19.2 Å². The smallest absolute Gasteiger partial charge is 0.339 e. The second-order valence-electron chi connectivity index (χ2n) is 8.47. The first-order chi connectivity index (χ1) is 13.2. The number of carbonyl (C=O) groups is 2. The van der Waals surface area contributed by atoms with Crippen LogP contribution in [0.2, 0.25) is 0 Å². The Balaban J connectivity index is 1.63. The lowest BCUT2D eigenvalue weighted by atomic mass is 9.88. The quantitative estimate of drug-likeness (QED) is 0.652. The lowest BCUT2D eigenvalue weighted by Gasteiger charge is -2.29. The van der Waals surface area contributed by atoms with Gasteiger partial charge < -0.3 is 9.64 Å². The maximum atomic E-state index is 12.7. The van der Waals surface area contributed by atoms with E-state index in [2.05, 4.69) is 6.92 Å². The van der Waals surface area contributed by atoms with Crippen molar-refractivity contribution in [3.05, 3.63) is 21.4 Å². The SMILES string of the molecule is CC(C)CN(C(=O)COC(=O)c1csc2c1CC[C@@H](C)C2)[C@@H]1CCS(=O)(=O)C1. The molecule has 2 atom stereocenters. The van der Waals surface area contributed by atoms with Crippen molar-refractivity contribution in [2.45, 2.75) is 52.5 Å². The first kappa shape index (κ1) is 21.3. The molecule has 156 valence electrons. The van der Waals surface area contributed by atoms with Crippen molar-refractivity contribution in [2.75, 3.05) is 24.7 Å². The van der Waals surface area contributed by atoms with Crippen LogP contribution in [0.3, 0.4) is 0 Å². The summed E-state index contributed by atoms with van der Waals surface area (Å²) >= 11 is 1.59. The summed E-state index contributed by atoms with van der Waals surface area (Å²) in [5.74, 6) is 0.164. The van der Waals surface area contributed by atoms with Gasteiger partial charge >= 0.3 is 5.97 Å². The first-order valence-electron chi connectivity index (χ1n) is 9.92. The highest BCUT2D eigenvalue weighted by molar-refractivity contribution is 7.91. The van der Waals surface area contributed by atoms with Gasteiger partial charge in [0.2, 0.25) is 0 Å². The van der Waals surface area contributed by atoms with Gasteiger partial charge in [0.05, 0.1) is 17.1 Å². The minimum absolute atomic E-state index is 0.00434. The number of ether oxygens (including phenoxy) is 1. The maximum absolute atomic E-state index is 12.7. The van der Waals surface area contributed by atoms with Crippen LogP contribution in [-0.4, -0.2) is 55.9 Å². The third kappa shape index (κ3) is 4.95. The number of esters is 1.